The zero-order valence-electron chi connectivity index (χ0n) is 8.82. The minimum Gasteiger partial charge on any atom is -0.481 e. The van der Waals surface area contributed by atoms with Crippen LogP contribution in [-0.2, 0) is 11.8 Å². The first kappa shape index (κ1) is 11.5. The highest BCUT2D eigenvalue weighted by Crippen LogP contribution is 2.16. The molecule has 9 heteroatoms. The second-order valence-corrected chi connectivity index (χ2v) is 4.14. The summed E-state index contributed by atoms with van der Waals surface area (Å²) in [5.74, 6) is -1.13. The quantitative estimate of drug-likeness (QED) is 0.711. The molecule has 0 unspecified atom stereocenters. The average Bonchev–Trinajstić information content (AvgIpc) is 2.82. The molecule has 0 aliphatic rings. The lowest BCUT2D eigenvalue weighted by atomic mass is 10.6. The van der Waals surface area contributed by atoms with Gasteiger partial charge in [-0.15, -0.1) is 5.10 Å². The van der Waals surface area contributed by atoms with E-state index in [1.165, 1.54) is 10.8 Å². The maximum Gasteiger partial charge on any atom is 0.348 e. The van der Waals surface area contributed by atoms with E-state index in [9.17, 15) is 9.59 Å². The van der Waals surface area contributed by atoms with Gasteiger partial charge in [0, 0.05) is 13.2 Å². The van der Waals surface area contributed by atoms with Crippen molar-refractivity contribution in [3.8, 4) is 5.69 Å². The standard InChI is InChI=1S/C8H9N5O3S/c1-12-3-5(2-9-12)13-7(16)10-11-8(13)17-4-6(14)15/h2-3H,4H2,1H3,(H,10,16)(H,14,15). The van der Waals surface area contributed by atoms with Gasteiger partial charge in [-0.2, -0.15) is 5.10 Å². The molecule has 2 N–H and O–H groups in total. The Hall–Kier alpha value is -2.03. The van der Waals surface area contributed by atoms with Crippen molar-refractivity contribution in [1.82, 2.24) is 24.5 Å². The zero-order valence-corrected chi connectivity index (χ0v) is 9.64. The van der Waals surface area contributed by atoms with E-state index < -0.39 is 11.7 Å². The number of aromatic amines is 1. The van der Waals surface area contributed by atoms with Gasteiger partial charge in [-0.3, -0.25) is 9.48 Å². The summed E-state index contributed by atoms with van der Waals surface area (Å²) in [5.41, 5.74) is 0.116. The van der Waals surface area contributed by atoms with Gasteiger partial charge in [0.05, 0.1) is 17.6 Å². The van der Waals surface area contributed by atoms with Crippen LogP contribution in [-0.4, -0.2) is 41.4 Å². The Morgan fingerprint density at radius 3 is 3.00 bits per heavy atom. The first-order valence-corrected chi connectivity index (χ1v) is 5.57. The molecular formula is C8H9N5O3S. The number of nitrogens with zero attached hydrogens (tertiary/aromatic N) is 4. The number of carbonyl (C=O) groups is 1. The maximum atomic E-state index is 11.5. The summed E-state index contributed by atoms with van der Waals surface area (Å²) >= 11 is 0.964. The lowest BCUT2D eigenvalue weighted by Gasteiger charge is -1.99. The Bertz CT molecular complexity index is 598. The predicted molar refractivity (Wildman–Crippen MR) is 59.3 cm³/mol. The van der Waals surface area contributed by atoms with Crippen LogP contribution in [0.4, 0.5) is 0 Å². The van der Waals surface area contributed by atoms with E-state index in [0.29, 0.717) is 10.8 Å². The Balaban J connectivity index is 2.36. The molecule has 2 heterocycles. The van der Waals surface area contributed by atoms with Crippen molar-refractivity contribution in [3.05, 3.63) is 22.9 Å². The van der Waals surface area contributed by atoms with Crippen LogP contribution in [0.2, 0.25) is 0 Å². The van der Waals surface area contributed by atoms with Crippen LogP contribution in [0.3, 0.4) is 0 Å². The van der Waals surface area contributed by atoms with Gasteiger partial charge < -0.3 is 5.11 Å². The van der Waals surface area contributed by atoms with E-state index in [0.717, 1.165) is 11.8 Å². The van der Waals surface area contributed by atoms with Gasteiger partial charge in [0.15, 0.2) is 5.16 Å². The molecule has 0 fully saturated rings. The fourth-order valence-electron chi connectivity index (χ4n) is 1.26. The van der Waals surface area contributed by atoms with Crippen molar-refractivity contribution < 1.29 is 9.90 Å². The van der Waals surface area contributed by atoms with Gasteiger partial charge in [0.1, 0.15) is 0 Å². The number of rotatable bonds is 4. The Kier molecular flexibility index (Phi) is 3.00. The van der Waals surface area contributed by atoms with Gasteiger partial charge >= 0.3 is 11.7 Å². The fraction of sp³-hybridized carbons (Fsp3) is 0.250. The highest BCUT2D eigenvalue weighted by molar-refractivity contribution is 7.99. The number of hydrogen-bond donors (Lipinski definition) is 2. The topological polar surface area (TPSA) is 106 Å². The van der Waals surface area contributed by atoms with E-state index >= 15 is 0 Å². The maximum absolute atomic E-state index is 11.5. The molecule has 0 radical (unpaired) electrons. The normalized spacial score (nSPS) is 10.6. The van der Waals surface area contributed by atoms with Crippen LogP contribution in [0.5, 0.6) is 0 Å². The third kappa shape index (κ3) is 2.38. The van der Waals surface area contributed by atoms with E-state index in [-0.39, 0.29) is 5.75 Å². The Morgan fingerprint density at radius 2 is 2.41 bits per heavy atom. The van der Waals surface area contributed by atoms with Crippen LogP contribution < -0.4 is 5.69 Å². The van der Waals surface area contributed by atoms with Crippen molar-refractivity contribution in [1.29, 1.82) is 0 Å². The van der Waals surface area contributed by atoms with Crippen LogP contribution in [0.1, 0.15) is 0 Å². The van der Waals surface area contributed by atoms with Gasteiger partial charge in [-0.05, 0) is 0 Å². The third-order valence-electron chi connectivity index (χ3n) is 1.92. The predicted octanol–water partition coefficient (Wildman–Crippen LogP) is -0.529. The smallest absolute Gasteiger partial charge is 0.348 e. The Morgan fingerprint density at radius 1 is 1.65 bits per heavy atom. The number of aryl methyl sites for hydroxylation is 1. The molecule has 2 aromatic rings. The van der Waals surface area contributed by atoms with Crippen molar-refractivity contribution >= 4 is 17.7 Å². The van der Waals surface area contributed by atoms with Crippen LogP contribution in [0.15, 0.2) is 22.3 Å². The molecule has 0 aromatic carbocycles. The number of H-pyrrole nitrogens is 1. The summed E-state index contributed by atoms with van der Waals surface area (Å²) in [7, 11) is 1.72. The lowest BCUT2D eigenvalue weighted by Crippen LogP contribution is -2.15. The molecule has 0 spiro atoms. The Labute approximate surface area is 99.3 Å². The third-order valence-corrected chi connectivity index (χ3v) is 2.84. The molecule has 0 aliphatic carbocycles. The molecule has 0 saturated carbocycles. The molecule has 2 rings (SSSR count). The highest BCUT2D eigenvalue weighted by Gasteiger charge is 2.13. The molecule has 0 saturated heterocycles. The number of aromatic nitrogens is 5. The molecule has 2 aromatic heterocycles. The summed E-state index contributed by atoms with van der Waals surface area (Å²) in [5, 5.41) is 18.9. The summed E-state index contributed by atoms with van der Waals surface area (Å²) in [6.07, 6.45) is 3.14. The number of nitrogens with one attached hydrogen (secondary N) is 1. The summed E-state index contributed by atoms with van der Waals surface area (Å²) < 4.78 is 2.82. The van der Waals surface area contributed by atoms with Crippen LogP contribution in [0, 0.1) is 0 Å². The van der Waals surface area contributed by atoms with E-state index in [1.807, 2.05) is 0 Å². The molecular weight excluding hydrogens is 246 g/mol. The van der Waals surface area contributed by atoms with E-state index in [4.69, 9.17) is 5.11 Å². The minimum absolute atomic E-state index is 0.162. The van der Waals surface area contributed by atoms with Crippen molar-refractivity contribution in [2.45, 2.75) is 5.16 Å². The fourth-order valence-corrected chi connectivity index (χ4v) is 1.94. The molecule has 17 heavy (non-hydrogen) atoms. The molecule has 0 amide bonds. The number of aliphatic carboxylic acids is 1. The largest absolute Gasteiger partial charge is 0.481 e. The van der Waals surface area contributed by atoms with Gasteiger partial charge in [0.25, 0.3) is 0 Å². The van der Waals surface area contributed by atoms with Crippen molar-refractivity contribution in [2.24, 2.45) is 7.05 Å². The minimum atomic E-state index is -0.969. The monoisotopic (exact) mass is 255 g/mol. The average molecular weight is 255 g/mol. The van der Waals surface area contributed by atoms with Crippen molar-refractivity contribution in [2.75, 3.05) is 5.75 Å². The number of carboxylic acid groups (broad SMARTS) is 1. The second-order valence-electron chi connectivity index (χ2n) is 3.20. The second kappa shape index (κ2) is 4.45. The van der Waals surface area contributed by atoms with Gasteiger partial charge in [0.2, 0.25) is 0 Å². The molecule has 0 bridgehead atoms. The van der Waals surface area contributed by atoms with Crippen LogP contribution in [0.25, 0.3) is 5.69 Å². The lowest BCUT2D eigenvalue weighted by molar-refractivity contribution is -0.133. The van der Waals surface area contributed by atoms with Crippen molar-refractivity contribution in [3.63, 3.8) is 0 Å². The van der Waals surface area contributed by atoms with Gasteiger partial charge in [-0.25, -0.2) is 14.5 Å². The van der Waals surface area contributed by atoms with Gasteiger partial charge in [-0.1, -0.05) is 11.8 Å². The summed E-state index contributed by atoms with van der Waals surface area (Å²) in [6, 6.07) is 0. The molecule has 8 nitrogen and oxygen atoms in total. The highest BCUT2D eigenvalue weighted by atomic mass is 32.2. The zero-order chi connectivity index (χ0) is 12.4. The molecule has 0 aliphatic heterocycles. The first-order valence-electron chi connectivity index (χ1n) is 4.59. The van der Waals surface area contributed by atoms with E-state index in [2.05, 4.69) is 15.3 Å². The number of hydrogen-bond acceptors (Lipinski definition) is 5. The number of carboxylic acids is 1. The first-order chi connectivity index (χ1) is 8.08. The van der Waals surface area contributed by atoms with Crippen LogP contribution >= 0.6 is 11.8 Å². The summed E-state index contributed by atoms with van der Waals surface area (Å²) in [4.78, 5) is 22.0. The SMILES string of the molecule is Cn1cc(-n2c(SCC(=O)O)n[nH]c2=O)cn1. The molecule has 90 valence electrons. The number of thioether (sulfide) groups is 1. The molecule has 0 atom stereocenters. The summed E-state index contributed by atoms with van der Waals surface area (Å²) in [6.45, 7) is 0. The van der Waals surface area contributed by atoms with E-state index in [1.54, 1.807) is 17.9 Å².